The Morgan fingerprint density at radius 1 is 1.19 bits per heavy atom. The second-order valence-corrected chi connectivity index (χ2v) is 8.69. The first-order valence-electron chi connectivity index (χ1n) is 8.71. The van der Waals surface area contributed by atoms with Crippen LogP contribution in [-0.4, -0.2) is 36.7 Å². The number of anilines is 1. The molecule has 1 N–H and O–H groups in total. The number of sulfonamides is 1. The van der Waals surface area contributed by atoms with E-state index in [0.717, 1.165) is 18.5 Å². The zero-order chi connectivity index (χ0) is 18.7. The highest BCUT2D eigenvalue weighted by Gasteiger charge is 2.28. The number of hydrogen-bond donors (Lipinski definition) is 1. The molecule has 0 unspecified atom stereocenters. The van der Waals surface area contributed by atoms with Gasteiger partial charge in [0.15, 0.2) is 0 Å². The van der Waals surface area contributed by atoms with Crippen LogP contribution in [0.15, 0.2) is 47.4 Å². The third-order valence-corrected chi connectivity index (χ3v) is 6.38. The lowest BCUT2D eigenvalue weighted by Crippen LogP contribution is -2.39. The van der Waals surface area contributed by atoms with Gasteiger partial charge >= 0.3 is 0 Å². The van der Waals surface area contributed by atoms with Gasteiger partial charge in [0.2, 0.25) is 10.0 Å². The Labute approximate surface area is 154 Å². The van der Waals surface area contributed by atoms with Crippen molar-refractivity contribution in [1.29, 1.82) is 0 Å². The molecule has 0 spiro atoms. The Bertz CT molecular complexity index is 895. The third kappa shape index (κ3) is 4.11. The van der Waals surface area contributed by atoms with Gasteiger partial charge in [0, 0.05) is 24.3 Å². The maximum atomic E-state index is 12.8. The van der Waals surface area contributed by atoms with Crippen LogP contribution >= 0.6 is 0 Å². The molecule has 1 aliphatic heterocycles. The summed E-state index contributed by atoms with van der Waals surface area (Å²) in [6, 6.07) is 11.4. The van der Waals surface area contributed by atoms with Crippen molar-refractivity contribution < 1.29 is 13.2 Å². The maximum absolute atomic E-state index is 12.8. The Morgan fingerprint density at radius 2 is 1.92 bits per heavy atom. The molecular weight excluding hydrogens is 350 g/mol. The summed E-state index contributed by atoms with van der Waals surface area (Å²) in [4.78, 5) is 16.8. The van der Waals surface area contributed by atoms with Crippen molar-refractivity contribution in [2.24, 2.45) is 5.92 Å². The fourth-order valence-electron chi connectivity index (χ4n) is 3.09. The second-order valence-electron chi connectivity index (χ2n) is 6.75. The van der Waals surface area contributed by atoms with Crippen molar-refractivity contribution in [2.45, 2.75) is 31.6 Å². The number of aryl methyl sites for hydroxylation is 1. The molecule has 1 fully saturated rings. The molecule has 1 aromatic heterocycles. The van der Waals surface area contributed by atoms with E-state index < -0.39 is 10.0 Å². The minimum absolute atomic E-state index is 0.219. The van der Waals surface area contributed by atoms with Crippen LogP contribution in [0.3, 0.4) is 0 Å². The molecule has 1 saturated heterocycles. The van der Waals surface area contributed by atoms with Crippen LogP contribution in [0.1, 0.15) is 35.8 Å². The predicted molar refractivity (Wildman–Crippen MR) is 101 cm³/mol. The average molecular weight is 373 g/mol. The van der Waals surface area contributed by atoms with E-state index in [-0.39, 0.29) is 10.8 Å². The molecule has 6 nitrogen and oxygen atoms in total. The van der Waals surface area contributed by atoms with Crippen molar-refractivity contribution >= 4 is 21.7 Å². The Morgan fingerprint density at radius 3 is 2.58 bits per heavy atom. The van der Waals surface area contributed by atoms with Crippen LogP contribution in [0.25, 0.3) is 0 Å². The van der Waals surface area contributed by atoms with Crippen molar-refractivity contribution in [3.05, 3.63) is 53.7 Å². The minimum atomic E-state index is -3.51. The van der Waals surface area contributed by atoms with Crippen molar-refractivity contribution in [2.75, 3.05) is 18.4 Å². The lowest BCUT2D eigenvalue weighted by atomic mass is 10.0. The van der Waals surface area contributed by atoms with Crippen LogP contribution in [0.2, 0.25) is 0 Å². The van der Waals surface area contributed by atoms with Gasteiger partial charge in [-0.3, -0.25) is 4.79 Å². The molecule has 0 bridgehead atoms. The highest BCUT2D eigenvalue weighted by atomic mass is 32.2. The standard InChI is InChI=1S/C19H23N3O3S/c1-14-5-4-12-22(13-14)26(24,25)17-10-8-16(9-11-17)19(23)21-18-7-3-6-15(2)20-18/h3,6-11,14H,4-5,12-13H2,1-2H3,(H,20,21,23)/t14-/m1/s1. The number of amides is 1. The first-order valence-corrected chi connectivity index (χ1v) is 10.2. The lowest BCUT2D eigenvalue weighted by molar-refractivity contribution is 0.102. The van der Waals surface area contributed by atoms with Crippen LogP contribution in [-0.2, 0) is 10.0 Å². The van der Waals surface area contributed by atoms with E-state index in [4.69, 9.17) is 0 Å². The number of pyridine rings is 1. The summed E-state index contributed by atoms with van der Waals surface area (Å²) in [5, 5.41) is 2.72. The van der Waals surface area contributed by atoms with Crippen LogP contribution < -0.4 is 5.32 Å². The number of hydrogen-bond acceptors (Lipinski definition) is 4. The van der Waals surface area contributed by atoms with Gasteiger partial charge in [-0.05, 0) is 62.1 Å². The second kappa shape index (κ2) is 7.55. The maximum Gasteiger partial charge on any atom is 0.256 e. The quantitative estimate of drug-likeness (QED) is 0.893. The van der Waals surface area contributed by atoms with Crippen molar-refractivity contribution in [3.63, 3.8) is 0 Å². The number of benzene rings is 1. The molecular formula is C19H23N3O3S. The van der Waals surface area contributed by atoms with Crippen molar-refractivity contribution in [3.8, 4) is 0 Å². The molecule has 1 atom stereocenters. The molecule has 0 saturated carbocycles. The molecule has 7 heteroatoms. The van der Waals surface area contributed by atoms with Gasteiger partial charge < -0.3 is 5.32 Å². The number of aromatic nitrogens is 1. The highest BCUT2D eigenvalue weighted by molar-refractivity contribution is 7.89. The predicted octanol–water partition coefficient (Wildman–Crippen LogP) is 3.06. The fourth-order valence-corrected chi connectivity index (χ4v) is 4.69. The van der Waals surface area contributed by atoms with E-state index in [1.165, 1.54) is 28.6 Å². The molecule has 2 heterocycles. The number of carbonyl (C=O) groups is 1. The summed E-state index contributed by atoms with van der Waals surface area (Å²) >= 11 is 0. The molecule has 3 rings (SSSR count). The Kier molecular flexibility index (Phi) is 5.38. The van der Waals surface area contributed by atoms with Gasteiger partial charge in [-0.25, -0.2) is 13.4 Å². The normalized spacial score (nSPS) is 18.5. The van der Waals surface area contributed by atoms with Gasteiger partial charge in [-0.1, -0.05) is 13.0 Å². The summed E-state index contributed by atoms with van der Waals surface area (Å²) in [5.74, 6) is 0.512. The summed E-state index contributed by atoms with van der Waals surface area (Å²) in [7, 11) is -3.51. The molecule has 0 radical (unpaired) electrons. The molecule has 138 valence electrons. The molecule has 1 amide bonds. The first kappa shape index (κ1) is 18.5. The number of nitrogens with zero attached hydrogens (tertiary/aromatic N) is 2. The summed E-state index contributed by atoms with van der Waals surface area (Å²) < 4.78 is 27.1. The smallest absolute Gasteiger partial charge is 0.256 e. The largest absolute Gasteiger partial charge is 0.307 e. The zero-order valence-corrected chi connectivity index (χ0v) is 15.8. The van der Waals surface area contributed by atoms with Gasteiger partial charge in [0.1, 0.15) is 5.82 Å². The van der Waals surface area contributed by atoms with E-state index in [0.29, 0.717) is 30.4 Å². The monoisotopic (exact) mass is 373 g/mol. The van der Waals surface area contributed by atoms with E-state index >= 15 is 0 Å². The van der Waals surface area contributed by atoms with Crippen LogP contribution in [0.4, 0.5) is 5.82 Å². The average Bonchev–Trinajstić information content (AvgIpc) is 2.62. The van der Waals surface area contributed by atoms with E-state index in [1.807, 2.05) is 19.1 Å². The topological polar surface area (TPSA) is 79.4 Å². The van der Waals surface area contributed by atoms with E-state index in [2.05, 4.69) is 17.2 Å². The van der Waals surface area contributed by atoms with Gasteiger partial charge in [0.25, 0.3) is 5.91 Å². The lowest BCUT2D eigenvalue weighted by Gasteiger charge is -2.30. The summed E-state index contributed by atoms with van der Waals surface area (Å²) in [6.07, 6.45) is 1.93. The first-order chi connectivity index (χ1) is 12.4. The molecule has 1 aromatic carbocycles. The van der Waals surface area contributed by atoms with Crippen molar-refractivity contribution in [1.82, 2.24) is 9.29 Å². The minimum Gasteiger partial charge on any atom is -0.307 e. The highest BCUT2D eigenvalue weighted by Crippen LogP contribution is 2.23. The van der Waals surface area contributed by atoms with E-state index in [1.54, 1.807) is 6.07 Å². The fraction of sp³-hybridized carbons (Fsp3) is 0.368. The third-order valence-electron chi connectivity index (χ3n) is 4.50. The van der Waals surface area contributed by atoms with Gasteiger partial charge in [0.05, 0.1) is 4.90 Å². The SMILES string of the molecule is Cc1cccc(NC(=O)c2ccc(S(=O)(=O)N3CCC[C@@H](C)C3)cc2)n1. The van der Waals surface area contributed by atoms with Gasteiger partial charge in [-0.2, -0.15) is 4.31 Å². The summed E-state index contributed by atoms with van der Waals surface area (Å²) in [5.41, 5.74) is 1.19. The number of nitrogens with one attached hydrogen (secondary N) is 1. The molecule has 2 aromatic rings. The molecule has 0 aliphatic carbocycles. The Hall–Kier alpha value is -2.25. The number of piperidine rings is 1. The summed E-state index contributed by atoms with van der Waals surface area (Å²) in [6.45, 7) is 5.00. The number of carbonyl (C=O) groups excluding carboxylic acids is 1. The number of rotatable bonds is 4. The van der Waals surface area contributed by atoms with Crippen LogP contribution in [0.5, 0.6) is 0 Å². The van der Waals surface area contributed by atoms with Crippen LogP contribution in [0, 0.1) is 12.8 Å². The molecule has 1 aliphatic rings. The molecule has 26 heavy (non-hydrogen) atoms. The van der Waals surface area contributed by atoms with Gasteiger partial charge in [-0.15, -0.1) is 0 Å². The Balaban J connectivity index is 1.74. The van der Waals surface area contributed by atoms with E-state index in [9.17, 15) is 13.2 Å². The zero-order valence-electron chi connectivity index (χ0n) is 15.0.